The van der Waals surface area contributed by atoms with Crippen LogP contribution >= 0.6 is 39.1 Å². The first kappa shape index (κ1) is 17.7. The van der Waals surface area contributed by atoms with Crippen LogP contribution in [0.25, 0.3) is 0 Å². The number of benzene rings is 1. The van der Waals surface area contributed by atoms with Crippen LogP contribution < -0.4 is 11.1 Å². The van der Waals surface area contributed by atoms with Gasteiger partial charge in [-0.1, -0.05) is 39.1 Å². The number of amides is 1. The van der Waals surface area contributed by atoms with Crippen LogP contribution in [0.1, 0.15) is 6.42 Å². The van der Waals surface area contributed by atoms with E-state index in [-0.39, 0.29) is 27.9 Å². The van der Waals surface area contributed by atoms with Crippen molar-refractivity contribution in [3.8, 4) is 0 Å². The van der Waals surface area contributed by atoms with Gasteiger partial charge in [-0.05, 0) is 18.6 Å². The molecule has 1 amide bonds. The van der Waals surface area contributed by atoms with E-state index in [0.717, 1.165) is 6.26 Å². The monoisotopic (exact) mass is 402 g/mol. The Balaban J connectivity index is 2.76. The van der Waals surface area contributed by atoms with Crippen molar-refractivity contribution in [2.24, 2.45) is 5.73 Å². The van der Waals surface area contributed by atoms with Gasteiger partial charge in [0.25, 0.3) is 0 Å². The fourth-order valence-electron chi connectivity index (χ4n) is 1.35. The predicted molar refractivity (Wildman–Crippen MR) is 85.1 cm³/mol. The van der Waals surface area contributed by atoms with Crippen LogP contribution in [0.4, 0.5) is 5.69 Å². The molecule has 1 atom stereocenters. The fraction of sp³-hybridized carbons (Fsp3) is 0.364. The number of carbonyl (C=O) groups excluding carboxylic acids is 1. The Kier molecular flexibility index (Phi) is 6.27. The van der Waals surface area contributed by atoms with Crippen LogP contribution in [0.5, 0.6) is 0 Å². The largest absolute Gasteiger partial charge is 0.322 e. The minimum Gasteiger partial charge on any atom is -0.322 e. The number of halogens is 3. The van der Waals surface area contributed by atoms with Crippen LogP contribution in [0.15, 0.2) is 16.6 Å². The summed E-state index contributed by atoms with van der Waals surface area (Å²) in [4.78, 5) is 11.9. The Hall–Kier alpha value is -0.340. The molecule has 1 aromatic carbocycles. The molecule has 0 aliphatic heterocycles. The predicted octanol–water partition coefficient (Wildman–Crippen LogP) is 2.46. The van der Waals surface area contributed by atoms with Gasteiger partial charge in [0.2, 0.25) is 5.91 Å². The number of carbonyl (C=O) groups is 1. The van der Waals surface area contributed by atoms with Gasteiger partial charge < -0.3 is 11.1 Å². The van der Waals surface area contributed by atoms with E-state index in [0.29, 0.717) is 4.47 Å². The smallest absolute Gasteiger partial charge is 0.241 e. The lowest BCUT2D eigenvalue weighted by Gasteiger charge is -2.14. The standard InChI is InChI=1S/C11H13BrCl2N2O3S/c1-20(18,19)3-2-9(15)11(17)16-10-7(13)4-6(12)5-8(10)14/h4-5,9H,2-3,15H2,1H3,(H,16,17). The molecule has 0 aromatic heterocycles. The van der Waals surface area contributed by atoms with Gasteiger partial charge in [0, 0.05) is 10.7 Å². The zero-order valence-corrected chi connectivity index (χ0v) is 14.4. The maximum absolute atomic E-state index is 11.9. The molecule has 0 bridgehead atoms. The summed E-state index contributed by atoms with van der Waals surface area (Å²) >= 11 is 15.2. The molecule has 0 aliphatic rings. The van der Waals surface area contributed by atoms with Gasteiger partial charge in [0.1, 0.15) is 9.84 Å². The molecule has 3 N–H and O–H groups in total. The molecular formula is C11H13BrCl2N2O3S. The summed E-state index contributed by atoms with van der Waals surface area (Å²) in [5, 5.41) is 3.01. The maximum Gasteiger partial charge on any atom is 0.241 e. The number of hydrogen-bond acceptors (Lipinski definition) is 4. The van der Waals surface area contributed by atoms with Crippen molar-refractivity contribution < 1.29 is 13.2 Å². The van der Waals surface area contributed by atoms with Crippen molar-refractivity contribution >= 4 is 60.6 Å². The molecule has 112 valence electrons. The highest BCUT2D eigenvalue weighted by Gasteiger charge is 2.18. The minimum absolute atomic E-state index is 0.0242. The van der Waals surface area contributed by atoms with Crippen molar-refractivity contribution in [1.29, 1.82) is 0 Å². The SMILES string of the molecule is CS(=O)(=O)CCC(N)C(=O)Nc1c(Cl)cc(Br)cc1Cl. The molecule has 20 heavy (non-hydrogen) atoms. The van der Waals surface area contributed by atoms with E-state index in [1.54, 1.807) is 12.1 Å². The third kappa shape index (κ3) is 5.57. The van der Waals surface area contributed by atoms with Crippen molar-refractivity contribution in [3.05, 3.63) is 26.7 Å². The van der Waals surface area contributed by atoms with Crippen LogP contribution in [0.2, 0.25) is 10.0 Å². The van der Waals surface area contributed by atoms with Gasteiger partial charge in [0.05, 0.1) is 27.5 Å². The lowest BCUT2D eigenvalue weighted by molar-refractivity contribution is -0.117. The van der Waals surface area contributed by atoms with E-state index in [1.165, 1.54) is 0 Å². The average Bonchev–Trinajstić information content (AvgIpc) is 2.29. The van der Waals surface area contributed by atoms with Crippen LogP contribution in [-0.4, -0.2) is 32.4 Å². The third-order valence-corrected chi connectivity index (χ3v) is 4.42. The summed E-state index contributed by atoms with van der Waals surface area (Å²) in [6.07, 6.45) is 1.11. The molecule has 0 saturated heterocycles. The summed E-state index contributed by atoms with van der Waals surface area (Å²) < 4.78 is 22.7. The summed E-state index contributed by atoms with van der Waals surface area (Å²) in [6, 6.07) is 2.19. The van der Waals surface area contributed by atoms with Crippen molar-refractivity contribution in [2.45, 2.75) is 12.5 Å². The highest BCUT2D eigenvalue weighted by atomic mass is 79.9. The van der Waals surface area contributed by atoms with Gasteiger partial charge in [-0.2, -0.15) is 0 Å². The van der Waals surface area contributed by atoms with Crippen LogP contribution in [-0.2, 0) is 14.6 Å². The highest BCUT2D eigenvalue weighted by molar-refractivity contribution is 9.10. The molecule has 0 heterocycles. The second-order valence-corrected chi connectivity index (χ2v) is 8.25. The lowest BCUT2D eigenvalue weighted by Crippen LogP contribution is -2.37. The topological polar surface area (TPSA) is 89.3 Å². The van der Waals surface area contributed by atoms with E-state index >= 15 is 0 Å². The third-order valence-electron chi connectivity index (χ3n) is 2.39. The highest BCUT2D eigenvalue weighted by Crippen LogP contribution is 2.33. The maximum atomic E-state index is 11.9. The molecule has 1 rings (SSSR count). The van der Waals surface area contributed by atoms with Crippen LogP contribution in [0.3, 0.4) is 0 Å². The van der Waals surface area contributed by atoms with Crippen molar-refractivity contribution in [2.75, 3.05) is 17.3 Å². The van der Waals surface area contributed by atoms with E-state index in [2.05, 4.69) is 21.2 Å². The molecule has 5 nitrogen and oxygen atoms in total. The van der Waals surface area contributed by atoms with E-state index < -0.39 is 21.8 Å². The first-order valence-corrected chi connectivity index (χ1v) is 9.10. The second kappa shape index (κ2) is 7.09. The van der Waals surface area contributed by atoms with Gasteiger partial charge in [-0.3, -0.25) is 4.79 Å². The zero-order valence-electron chi connectivity index (χ0n) is 10.5. The molecule has 1 unspecified atom stereocenters. The van der Waals surface area contributed by atoms with Gasteiger partial charge in [-0.25, -0.2) is 8.42 Å². The molecule has 1 aromatic rings. The first-order chi connectivity index (χ1) is 9.10. The molecular weight excluding hydrogens is 391 g/mol. The molecule has 0 saturated carbocycles. The molecule has 0 aliphatic carbocycles. The number of anilines is 1. The van der Waals surface area contributed by atoms with Crippen molar-refractivity contribution in [3.63, 3.8) is 0 Å². The Morgan fingerprint density at radius 3 is 2.35 bits per heavy atom. The van der Waals surface area contributed by atoms with E-state index in [4.69, 9.17) is 28.9 Å². The minimum atomic E-state index is -3.17. The van der Waals surface area contributed by atoms with Gasteiger partial charge >= 0.3 is 0 Å². The van der Waals surface area contributed by atoms with E-state index in [1.807, 2.05) is 0 Å². The van der Waals surface area contributed by atoms with Crippen LogP contribution in [0, 0.1) is 0 Å². The summed E-state index contributed by atoms with van der Waals surface area (Å²) in [7, 11) is -3.17. The Bertz CT molecular complexity index is 599. The Morgan fingerprint density at radius 2 is 1.90 bits per heavy atom. The van der Waals surface area contributed by atoms with Gasteiger partial charge in [0.15, 0.2) is 0 Å². The number of sulfone groups is 1. The van der Waals surface area contributed by atoms with Crippen molar-refractivity contribution in [1.82, 2.24) is 0 Å². The quantitative estimate of drug-likeness (QED) is 0.790. The Labute approximate surface area is 135 Å². The summed E-state index contributed by atoms with van der Waals surface area (Å²) in [5.41, 5.74) is 5.88. The second-order valence-electron chi connectivity index (χ2n) is 4.26. The zero-order chi connectivity index (χ0) is 15.5. The van der Waals surface area contributed by atoms with E-state index in [9.17, 15) is 13.2 Å². The van der Waals surface area contributed by atoms with Gasteiger partial charge in [-0.15, -0.1) is 0 Å². The first-order valence-electron chi connectivity index (χ1n) is 5.49. The fourth-order valence-corrected chi connectivity index (χ4v) is 3.33. The number of nitrogens with one attached hydrogen (secondary N) is 1. The molecule has 0 radical (unpaired) electrons. The molecule has 0 fully saturated rings. The summed E-state index contributed by atoms with van der Waals surface area (Å²) in [5.74, 6) is -0.705. The number of hydrogen-bond donors (Lipinski definition) is 2. The Morgan fingerprint density at radius 1 is 1.40 bits per heavy atom. The normalized spacial score (nSPS) is 13.1. The molecule has 0 spiro atoms. The number of rotatable bonds is 5. The molecule has 9 heteroatoms. The number of nitrogens with two attached hydrogens (primary N) is 1. The summed E-state index contributed by atoms with van der Waals surface area (Å²) in [6.45, 7) is 0. The lowest BCUT2D eigenvalue weighted by atomic mass is 10.2. The average molecular weight is 404 g/mol.